The average Bonchev–Trinajstić information content (AvgIpc) is 2.59. The number of carbonyl (C=O) groups is 2. The zero-order valence-electron chi connectivity index (χ0n) is 13.3. The maximum atomic E-state index is 11.8. The molecule has 5 nitrogen and oxygen atoms in total. The lowest BCUT2D eigenvalue weighted by Crippen LogP contribution is -2.05. The Balaban J connectivity index is 2.09. The number of benzene rings is 2. The predicted octanol–water partition coefficient (Wildman–Crippen LogP) is 3.54. The summed E-state index contributed by atoms with van der Waals surface area (Å²) in [7, 11) is 0. The largest absolute Gasteiger partial charge is 0.493 e. The van der Waals surface area contributed by atoms with Gasteiger partial charge in [0.1, 0.15) is 17.9 Å². The van der Waals surface area contributed by atoms with Gasteiger partial charge >= 0.3 is 11.9 Å². The molecular weight excluding hydrogens is 308 g/mol. The molecule has 2 rings (SSSR count). The maximum absolute atomic E-state index is 11.8. The van der Waals surface area contributed by atoms with Crippen molar-refractivity contribution in [3.8, 4) is 5.75 Å². The first-order valence-corrected chi connectivity index (χ1v) is 7.49. The molecule has 0 radical (unpaired) electrons. The van der Waals surface area contributed by atoms with Gasteiger partial charge in [0.15, 0.2) is 0 Å². The molecule has 5 heteroatoms. The molecule has 0 spiro atoms. The molecule has 0 amide bonds. The molecule has 0 saturated heterocycles. The lowest BCUT2D eigenvalue weighted by molar-refractivity contribution is -0.138. The van der Waals surface area contributed by atoms with E-state index in [2.05, 4.69) is 0 Å². The highest BCUT2D eigenvalue weighted by Gasteiger charge is 2.15. The van der Waals surface area contributed by atoms with Crippen LogP contribution in [0.4, 0.5) is 0 Å². The molecule has 2 aromatic carbocycles. The fourth-order valence-electron chi connectivity index (χ4n) is 2.13. The SMILES string of the molecule is CCOc1cccc(/C=C/C(=O)OCc2ccccc2)c1C(=O)O. The summed E-state index contributed by atoms with van der Waals surface area (Å²) in [6.07, 6.45) is 2.62. The van der Waals surface area contributed by atoms with Crippen LogP contribution in [0.1, 0.15) is 28.4 Å². The lowest BCUT2D eigenvalue weighted by atomic mass is 10.1. The number of ether oxygens (including phenoxy) is 2. The highest BCUT2D eigenvalue weighted by Crippen LogP contribution is 2.23. The second kappa shape index (κ2) is 8.53. The van der Waals surface area contributed by atoms with Crippen LogP contribution in [-0.4, -0.2) is 23.7 Å². The minimum Gasteiger partial charge on any atom is -0.493 e. The molecule has 0 saturated carbocycles. The highest BCUT2D eigenvalue weighted by atomic mass is 16.5. The Morgan fingerprint density at radius 2 is 1.83 bits per heavy atom. The first-order chi connectivity index (χ1) is 11.6. The summed E-state index contributed by atoms with van der Waals surface area (Å²) in [5, 5.41) is 9.36. The third-order valence-corrected chi connectivity index (χ3v) is 3.20. The van der Waals surface area contributed by atoms with Gasteiger partial charge in [-0.25, -0.2) is 9.59 Å². The number of hydrogen-bond donors (Lipinski definition) is 1. The zero-order chi connectivity index (χ0) is 17.4. The van der Waals surface area contributed by atoms with Gasteiger partial charge in [-0.2, -0.15) is 0 Å². The van der Waals surface area contributed by atoms with Crippen LogP contribution >= 0.6 is 0 Å². The Morgan fingerprint density at radius 3 is 2.50 bits per heavy atom. The molecule has 0 bridgehead atoms. The van der Waals surface area contributed by atoms with E-state index in [-0.39, 0.29) is 17.9 Å². The van der Waals surface area contributed by atoms with Crippen LogP contribution in [0, 0.1) is 0 Å². The molecule has 0 aliphatic carbocycles. The molecule has 0 heterocycles. The van der Waals surface area contributed by atoms with Gasteiger partial charge < -0.3 is 14.6 Å². The summed E-state index contributed by atoms with van der Waals surface area (Å²) in [5.41, 5.74) is 1.28. The molecular formula is C19H18O5. The van der Waals surface area contributed by atoms with Gasteiger partial charge in [0, 0.05) is 6.08 Å². The minimum absolute atomic E-state index is 0.0199. The summed E-state index contributed by atoms with van der Waals surface area (Å²) in [6.45, 7) is 2.29. The van der Waals surface area contributed by atoms with E-state index < -0.39 is 11.9 Å². The summed E-state index contributed by atoms with van der Waals surface area (Å²) in [5.74, 6) is -1.39. The van der Waals surface area contributed by atoms with Crippen LogP contribution in [0.25, 0.3) is 6.08 Å². The van der Waals surface area contributed by atoms with Gasteiger partial charge in [0.05, 0.1) is 6.61 Å². The number of rotatable bonds is 7. The Hall–Kier alpha value is -3.08. The van der Waals surface area contributed by atoms with Crippen LogP contribution < -0.4 is 4.74 Å². The molecule has 2 aromatic rings. The Morgan fingerprint density at radius 1 is 1.08 bits per heavy atom. The number of hydrogen-bond acceptors (Lipinski definition) is 4. The Bertz CT molecular complexity index is 735. The number of aromatic carboxylic acids is 1. The van der Waals surface area contributed by atoms with E-state index in [9.17, 15) is 14.7 Å². The number of esters is 1. The van der Waals surface area contributed by atoms with Crippen molar-refractivity contribution in [3.05, 3.63) is 71.3 Å². The molecule has 24 heavy (non-hydrogen) atoms. The van der Waals surface area contributed by atoms with E-state index in [4.69, 9.17) is 9.47 Å². The smallest absolute Gasteiger partial charge is 0.340 e. The molecule has 124 valence electrons. The summed E-state index contributed by atoms with van der Waals surface area (Å²) < 4.78 is 10.4. The summed E-state index contributed by atoms with van der Waals surface area (Å²) in [6, 6.07) is 14.2. The van der Waals surface area contributed by atoms with Gasteiger partial charge in [0.2, 0.25) is 0 Å². The van der Waals surface area contributed by atoms with Gasteiger partial charge in [-0.1, -0.05) is 42.5 Å². The van der Waals surface area contributed by atoms with Crippen LogP contribution in [-0.2, 0) is 16.1 Å². The van der Waals surface area contributed by atoms with Crippen molar-refractivity contribution in [2.24, 2.45) is 0 Å². The Kier molecular flexibility index (Phi) is 6.14. The fraction of sp³-hybridized carbons (Fsp3) is 0.158. The third kappa shape index (κ3) is 4.71. The van der Waals surface area contributed by atoms with Gasteiger partial charge in [0.25, 0.3) is 0 Å². The summed E-state index contributed by atoms with van der Waals surface area (Å²) in [4.78, 5) is 23.2. The molecule has 0 aliphatic heterocycles. The first-order valence-electron chi connectivity index (χ1n) is 7.49. The van der Waals surface area contributed by atoms with Crippen molar-refractivity contribution in [1.29, 1.82) is 0 Å². The van der Waals surface area contributed by atoms with Crippen LogP contribution in [0.2, 0.25) is 0 Å². The highest BCUT2D eigenvalue weighted by molar-refractivity contribution is 5.97. The average molecular weight is 326 g/mol. The van der Waals surface area contributed by atoms with E-state index in [0.29, 0.717) is 12.2 Å². The third-order valence-electron chi connectivity index (χ3n) is 3.20. The second-order valence-electron chi connectivity index (χ2n) is 4.89. The van der Waals surface area contributed by atoms with E-state index in [1.54, 1.807) is 25.1 Å². The van der Waals surface area contributed by atoms with E-state index in [0.717, 1.165) is 5.56 Å². The monoisotopic (exact) mass is 326 g/mol. The summed E-state index contributed by atoms with van der Waals surface area (Å²) >= 11 is 0. The molecule has 0 unspecified atom stereocenters. The lowest BCUT2D eigenvalue weighted by Gasteiger charge is -2.09. The van der Waals surface area contributed by atoms with E-state index >= 15 is 0 Å². The normalized spacial score (nSPS) is 10.5. The molecule has 0 fully saturated rings. The topological polar surface area (TPSA) is 72.8 Å². The van der Waals surface area contributed by atoms with Crippen molar-refractivity contribution in [3.63, 3.8) is 0 Å². The van der Waals surface area contributed by atoms with E-state index in [1.165, 1.54) is 12.2 Å². The molecule has 0 aliphatic rings. The number of carboxylic acids is 1. The Labute approximate surface area is 140 Å². The number of carboxylic acid groups (broad SMARTS) is 1. The standard InChI is InChI=1S/C19H18O5/c1-2-23-16-10-6-9-15(18(16)19(21)22)11-12-17(20)24-13-14-7-4-3-5-8-14/h3-12H,2,13H2,1H3,(H,21,22)/b12-11+. The fourth-order valence-corrected chi connectivity index (χ4v) is 2.13. The van der Waals surface area contributed by atoms with Crippen molar-refractivity contribution < 1.29 is 24.2 Å². The van der Waals surface area contributed by atoms with E-state index in [1.807, 2.05) is 30.3 Å². The van der Waals surface area contributed by atoms with Gasteiger partial charge in [-0.3, -0.25) is 0 Å². The van der Waals surface area contributed by atoms with Crippen molar-refractivity contribution in [2.75, 3.05) is 6.61 Å². The molecule has 1 N–H and O–H groups in total. The molecule has 0 aromatic heterocycles. The van der Waals surface area contributed by atoms with Crippen molar-refractivity contribution in [2.45, 2.75) is 13.5 Å². The zero-order valence-corrected chi connectivity index (χ0v) is 13.3. The van der Waals surface area contributed by atoms with Crippen LogP contribution in [0.3, 0.4) is 0 Å². The first kappa shape index (κ1) is 17.3. The maximum Gasteiger partial charge on any atom is 0.340 e. The van der Waals surface area contributed by atoms with Gasteiger partial charge in [-0.15, -0.1) is 0 Å². The quantitative estimate of drug-likeness (QED) is 0.622. The van der Waals surface area contributed by atoms with Crippen molar-refractivity contribution in [1.82, 2.24) is 0 Å². The van der Waals surface area contributed by atoms with Gasteiger partial charge in [-0.05, 0) is 30.2 Å². The molecule has 0 atom stereocenters. The predicted molar refractivity (Wildman–Crippen MR) is 89.8 cm³/mol. The van der Waals surface area contributed by atoms with Crippen molar-refractivity contribution >= 4 is 18.0 Å². The van der Waals surface area contributed by atoms with Crippen LogP contribution in [0.5, 0.6) is 5.75 Å². The number of carbonyl (C=O) groups excluding carboxylic acids is 1. The van der Waals surface area contributed by atoms with Crippen LogP contribution in [0.15, 0.2) is 54.6 Å². The second-order valence-corrected chi connectivity index (χ2v) is 4.89. The minimum atomic E-state index is -1.11.